The second-order valence-corrected chi connectivity index (χ2v) is 7.27. The van der Waals surface area contributed by atoms with E-state index in [4.69, 9.17) is 9.26 Å². The molecule has 0 aromatic carbocycles. The number of hydrogen-bond donors (Lipinski definition) is 1. The molecule has 1 N–H and O–H groups in total. The maximum atomic E-state index is 12.5. The average molecular weight is 319 g/mol. The van der Waals surface area contributed by atoms with Gasteiger partial charge in [0.05, 0.1) is 23.8 Å². The van der Waals surface area contributed by atoms with Crippen LogP contribution in [-0.4, -0.2) is 47.3 Å². The van der Waals surface area contributed by atoms with Gasteiger partial charge in [-0.2, -0.15) is 0 Å². The molecule has 2 saturated heterocycles. The lowest BCUT2D eigenvalue weighted by atomic mass is 9.91. The van der Waals surface area contributed by atoms with Crippen LogP contribution in [0.15, 0.2) is 4.52 Å². The third-order valence-electron chi connectivity index (χ3n) is 5.58. The molecule has 3 unspecified atom stereocenters. The number of nitrogens with one attached hydrogen (secondary N) is 1. The number of nitrogens with zero attached hydrogens (tertiary/aromatic N) is 2. The first-order valence-corrected chi connectivity index (χ1v) is 8.70. The first kappa shape index (κ1) is 15.1. The molecule has 3 fully saturated rings. The maximum absolute atomic E-state index is 12.5. The summed E-state index contributed by atoms with van der Waals surface area (Å²) in [6, 6.07) is 0.404. The van der Waals surface area contributed by atoms with Crippen molar-refractivity contribution in [2.24, 2.45) is 5.92 Å². The van der Waals surface area contributed by atoms with E-state index in [1.807, 2.05) is 13.8 Å². The Bertz CT molecular complexity index is 576. The highest BCUT2D eigenvalue weighted by atomic mass is 16.5. The Morgan fingerprint density at radius 3 is 2.83 bits per heavy atom. The van der Waals surface area contributed by atoms with E-state index in [0.29, 0.717) is 6.04 Å². The molecular formula is C17H25N3O3. The molecule has 4 rings (SSSR count). The number of ether oxygens (including phenoxy) is 1. The van der Waals surface area contributed by atoms with E-state index in [0.717, 1.165) is 50.4 Å². The number of aromatic nitrogens is 1. The third-order valence-corrected chi connectivity index (χ3v) is 5.58. The fraction of sp³-hybridized carbons (Fsp3) is 0.765. The van der Waals surface area contributed by atoms with Crippen LogP contribution in [0.1, 0.15) is 42.7 Å². The van der Waals surface area contributed by atoms with E-state index in [1.54, 1.807) is 0 Å². The average Bonchev–Trinajstić information content (AvgIpc) is 2.96. The Morgan fingerprint density at radius 2 is 2.17 bits per heavy atom. The summed E-state index contributed by atoms with van der Waals surface area (Å²) in [6.07, 6.45) is 4.54. The van der Waals surface area contributed by atoms with Crippen LogP contribution < -0.4 is 5.32 Å². The van der Waals surface area contributed by atoms with E-state index in [2.05, 4.69) is 15.4 Å². The molecule has 126 valence electrons. The summed E-state index contributed by atoms with van der Waals surface area (Å²) in [7, 11) is 0. The summed E-state index contributed by atoms with van der Waals surface area (Å²) < 4.78 is 11.3. The van der Waals surface area contributed by atoms with Gasteiger partial charge >= 0.3 is 0 Å². The van der Waals surface area contributed by atoms with Crippen molar-refractivity contribution in [3.05, 3.63) is 17.0 Å². The van der Waals surface area contributed by atoms with Crippen molar-refractivity contribution < 1.29 is 14.1 Å². The van der Waals surface area contributed by atoms with Crippen molar-refractivity contribution in [3.63, 3.8) is 0 Å². The molecule has 1 amide bonds. The first-order valence-electron chi connectivity index (χ1n) is 8.70. The zero-order valence-corrected chi connectivity index (χ0v) is 13.9. The second-order valence-electron chi connectivity index (χ2n) is 7.27. The Hall–Kier alpha value is -1.40. The summed E-state index contributed by atoms with van der Waals surface area (Å²) >= 11 is 0. The summed E-state index contributed by atoms with van der Waals surface area (Å²) in [5.41, 5.74) is 2.13. The number of carbonyl (C=O) groups is 1. The predicted octanol–water partition coefficient (Wildman–Crippen LogP) is 1.55. The Labute approximate surface area is 136 Å². The molecule has 23 heavy (non-hydrogen) atoms. The van der Waals surface area contributed by atoms with Crippen molar-refractivity contribution in [1.82, 2.24) is 15.4 Å². The predicted molar refractivity (Wildman–Crippen MR) is 83.8 cm³/mol. The number of hydrogen-bond acceptors (Lipinski definition) is 5. The first-order chi connectivity index (χ1) is 11.1. The molecule has 1 saturated carbocycles. The Balaban J connectivity index is 1.39. The fourth-order valence-electron chi connectivity index (χ4n) is 3.95. The van der Waals surface area contributed by atoms with E-state index in [1.165, 1.54) is 12.0 Å². The van der Waals surface area contributed by atoms with Gasteiger partial charge < -0.3 is 14.6 Å². The molecule has 2 bridgehead atoms. The highest BCUT2D eigenvalue weighted by Crippen LogP contribution is 2.33. The van der Waals surface area contributed by atoms with Crippen LogP contribution in [-0.2, 0) is 16.1 Å². The van der Waals surface area contributed by atoms with Crippen molar-refractivity contribution in [2.75, 3.05) is 13.1 Å². The minimum atomic E-state index is 0.00951. The van der Waals surface area contributed by atoms with Gasteiger partial charge in [-0.3, -0.25) is 9.69 Å². The Kier molecular flexibility index (Phi) is 3.89. The smallest absolute Gasteiger partial charge is 0.226 e. The summed E-state index contributed by atoms with van der Waals surface area (Å²) in [5.74, 6) is 1.09. The van der Waals surface area contributed by atoms with Crippen molar-refractivity contribution in [2.45, 2.75) is 64.3 Å². The van der Waals surface area contributed by atoms with Crippen molar-refractivity contribution in [3.8, 4) is 0 Å². The summed E-state index contributed by atoms with van der Waals surface area (Å²) in [6.45, 7) is 6.46. The van der Waals surface area contributed by atoms with Crippen LogP contribution in [0.4, 0.5) is 0 Å². The van der Waals surface area contributed by atoms with Crippen LogP contribution in [0.2, 0.25) is 0 Å². The van der Waals surface area contributed by atoms with Crippen molar-refractivity contribution in [1.29, 1.82) is 0 Å². The number of aryl methyl sites for hydroxylation is 2. The van der Waals surface area contributed by atoms with Gasteiger partial charge in [-0.1, -0.05) is 5.16 Å². The second kappa shape index (κ2) is 5.91. The largest absolute Gasteiger partial charge is 0.371 e. The van der Waals surface area contributed by atoms with Crippen LogP contribution in [0.3, 0.4) is 0 Å². The highest BCUT2D eigenvalue weighted by molar-refractivity contribution is 5.80. The number of amides is 1. The quantitative estimate of drug-likeness (QED) is 0.912. The molecule has 6 heteroatoms. The van der Waals surface area contributed by atoms with Crippen molar-refractivity contribution >= 4 is 5.91 Å². The number of carbonyl (C=O) groups excluding carboxylic acids is 1. The summed E-state index contributed by atoms with van der Waals surface area (Å²) in [4.78, 5) is 14.9. The monoisotopic (exact) mass is 319 g/mol. The molecule has 3 atom stereocenters. The molecule has 1 aromatic heterocycles. The van der Waals surface area contributed by atoms with Crippen LogP contribution >= 0.6 is 0 Å². The maximum Gasteiger partial charge on any atom is 0.226 e. The van der Waals surface area contributed by atoms with Gasteiger partial charge in [-0.15, -0.1) is 0 Å². The van der Waals surface area contributed by atoms with E-state index < -0.39 is 0 Å². The molecule has 2 aliphatic heterocycles. The van der Waals surface area contributed by atoms with Crippen LogP contribution in [0, 0.1) is 19.8 Å². The lowest BCUT2D eigenvalue weighted by Crippen LogP contribution is -2.47. The van der Waals surface area contributed by atoms with Gasteiger partial charge in [-0.25, -0.2) is 0 Å². The SMILES string of the molecule is Cc1noc(C)c1CN1CC2CC(C(=O)NC3CCC3)C(C1)O2. The molecule has 0 spiro atoms. The normalized spacial score (nSPS) is 31.1. The van der Waals surface area contributed by atoms with Gasteiger partial charge in [0.15, 0.2) is 0 Å². The molecule has 1 aliphatic carbocycles. The zero-order valence-electron chi connectivity index (χ0n) is 13.9. The minimum Gasteiger partial charge on any atom is -0.371 e. The van der Waals surface area contributed by atoms with Gasteiger partial charge in [0.25, 0.3) is 0 Å². The summed E-state index contributed by atoms with van der Waals surface area (Å²) in [5, 5.41) is 7.22. The van der Waals surface area contributed by atoms with Gasteiger partial charge in [0.1, 0.15) is 5.76 Å². The van der Waals surface area contributed by atoms with E-state index in [-0.39, 0.29) is 24.0 Å². The minimum absolute atomic E-state index is 0.00951. The topological polar surface area (TPSA) is 67.6 Å². The molecular weight excluding hydrogens is 294 g/mol. The number of morpholine rings is 1. The molecule has 1 aromatic rings. The molecule has 6 nitrogen and oxygen atoms in total. The number of rotatable bonds is 4. The molecule has 3 aliphatic rings. The lowest BCUT2D eigenvalue weighted by Gasteiger charge is -2.33. The van der Waals surface area contributed by atoms with Gasteiger partial charge in [-0.05, 0) is 39.5 Å². The standard InChI is InChI=1S/C17H25N3O3/c1-10-15(11(2)23-19-10)8-20-7-13-6-14(16(9-20)22-13)17(21)18-12-4-3-5-12/h12-14,16H,3-9H2,1-2H3,(H,18,21). The van der Waals surface area contributed by atoms with Crippen LogP contribution in [0.5, 0.6) is 0 Å². The lowest BCUT2D eigenvalue weighted by molar-refractivity contribution is -0.129. The van der Waals surface area contributed by atoms with Gasteiger partial charge in [0.2, 0.25) is 5.91 Å². The highest BCUT2D eigenvalue weighted by Gasteiger charge is 2.45. The van der Waals surface area contributed by atoms with E-state index in [9.17, 15) is 4.79 Å². The third kappa shape index (κ3) is 2.90. The van der Waals surface area contributed by atoms with E-state index >= 15 is 0 Å². The van der Waals surface area contributed by atoms with Crippen LogP contribution in [0.25, 0.3) is 0 Å². The number of likely N-dealkylation sites (tertiary alicyclic amines) is 1. The molecule has 3 heterocycles. The fourth-order valence-corrected chi connectivity index (χ4v) is 3.95. The van der Waals surface area contributed by atoms with Gasteiger partial charge in [0, 0.05) is 31.2 Å². The zero-order chi connectivity index (χ0) is 16.0. The molecule has 0 radical (unpaired) electrons. The number of fused-ring (bicyclic) bond motifs is 2. The Morgan fingerprint density at radius 1 is 1.35 bits per heavy atom.